The van der Waals surface area contributed by atoms with Gasteiger partial charge >= 0.3 is 0 Å². The van der Waals surface area contributed by atoms with Gasteiger partial charge in [-0.3, -0.25) is 9.20 Å². The van der Waals surface area contributed by atoms with Crippen LogP contribution in [-0.4, -0.2) is 39.5 Å². The number of benzene rings is 1. The van der Waals surface area contributed by atoms with Gasteiger partial charge in [-0.1, -0.05) is 11.8 Å². The molecule has 2 N–H and O–H groups in total. The normalized spacial score (nSPS) is 13.6. The van der Waals surface area contributed by atoms with Crippen LogP contribution >= 0.6 is 11.8 Å². The molecule has 7 nitrogen and oxygen atoms in total. The summed E-state index contributed by atoms with van der Waals surface area (Å²) in [6, 6.07) is 5.92. The number of primary amides is 1. The van der Waals surface area contributed by atoms with Gasteiger partial charge in [-0.05, 0) is 24.6 Å². The average Bonchev–Trinajstić information content (AvgIpc) is 2.96. The van der Waals surface area contributed by atoms with Crippen LogP contribution in [0, 0.1) is 6.92 Å². The zero-order valence-corrected chi connectivity index (χ0v) is 13.2. The van der Waals surface area contributed by atoms with Gasteiger partial charge in [0.1, 0.15) is 13.2 Å². The highest BCUT2D eigenvalue weighted by Crippen LogP contribution is 2.36. The van der Waals surface area contributed by atoms with E-state index >= 15 is 0 Å². The van der Waals surface area contributed by atoms with Crippen LogP contribution in [0.5, 0.6) is 11.5 Å². The number of fused-ring (bicyclic) bond motifs is 4. The van der Waals surface area contributed by atoms with E-state index in [1.807, 2.05) is 29.5 Å². The first-order valence-corrected chi connectivity index (χ1v) is 8.11. The highest BCUT2D eigenvalue weighted by Gasteiger charge is 2.18. The number of carbonyl (C=O) groups excluding carboxylic acids is 1. The minimum absolute atomic E-state index is 0.154. The fourth-order valence-electron chi connectivity index (χ4n) is 2.67. The van der Waals surface area contributed by atoms with Crippen LogP contribution in [-0.2, 0) is 4.79 Å². The van der Waals surface area contributed by atoms with E-state index in [4.69, 9.17) is 15.2 Å². The molecule has 8 heteroatoms. The summed E-state index contributed by atoms with van der Waals surface area (Å²) in [5.41, 5.74) is 7.89. The maximum absolute atomic E-state index is 11.1. The minimum atomic E-state index is -0.391. The summed E-state index contributed by atoms with van der Waals surface area (Å²) in [5.74, 6) is 1.20. The average molecular weight is 330 g/mol. The maximum Gasteiger partial charge on any atom is 0.227 e. The molecule has 118 valence electrons. The SMILES string of the molecule is Cc1cc2cc3c(cc2n2c(SCC(N)=O)nnc12)OCCO3. The Kier molecular flexibility index (Phi) is 3.26. The fraction of sp³-hybridized carbons (Fsp3) is 0.267. The van der Waals surface area contributed by atoms with Crippen LogP contribution in [0.25, 0.3) is 16.6 Å². The largest absolute Gasteiger partial charge is 0.486 e. The van der Waals surface area contributed by atoms with Gasteiger partial charge in [-0.2, -0.15) is 0 Å². The Balaban J connectivity index is 1.97. The molecule has 0 aliphatic carbocycles. The van der Waals surface area contributed by atoms with E-state index in [1.54, 1.807) is 0 Å². The van der Waals surface area contributed by atoms with Gasteiger partial charge < -0.3 is 15.2 Å². The molecule has 4 rings (SSSR count). The maximum atomic E-state index is 11.1. The summed E-state index contributed by atoms with van der Waals surface area (Å²) in [4.78, 5) is 11.1. The Labute approximate surface area is 135 Å². The Bertz CT molecular complexity index is 938. The summed E-state index contributed by atoms with van der Waals surface area (Å²) >= 11 is 1.27. The number of aromatic nitrogens is 3. The van der Waals surface area contributed by atoms with Gasteiger partial charge in [0.05, 0.1) is 11.3 Å². The van der Waals surface area contributed by atoms with Crippen molar-refractivity contribution < 1.29 is 14.3 Å². The molecule has 2 aromatic heterocycles. The Morgan fingerprint density at radius 2 is 2.00 bits per heavy atom. The van der Waals surface area contributed by atoms with E-state index in [1.165, 1.54) is 11.8 Å². The molecular formula is C15H14N4O3S. The number of pyridine rings is 1. The monoisotopic (exact) mass is 330 g/mol. The molecule has 0 fully saturated rings. The molecule has 0 saturated heterocycles. The third-order valence-corrected chi connectivity index (χ3v) is 4.59. The lowest BCUT2D eigenvalue weighted by molar-refractivity contribution is -0.115. The first-order chi connectivity index (χ1) is 11.1. The third-order valence-electron chi connectivity index (χ3n) is 3.63. The summed E-state index contributed by atoms with van der Waals surface area (Å²) in [6.07, 6.45) is 0. The van der Waals surface area contributed by atoms with Crippen molar-refractivity contribution in [3.8, 4) is 11.5 Å². The number of amides is 1. The first kappa shape index (κ1) is 14.1. The van der Waals surface area contributed by atoms with E-state index in [0.29, 0.717) is 24.1 Å². The summed E-state index contributed by atoms with van der Waals surface area (Å²) in [7, 11) is 0. The molecular weight excluding hydrogens is 316 g/mol. The summed E-state index contributed by atoms with van der Waals surface area (Å²) < 4.78 is 13.2. The molecule has 1 amide bonds. The van der Waals surface area contributed by atoms with Crippen LogP contribution < -0.4 is 15.2 Å². The van der Waals surface area contributed by atoms with Gasteiger partial charge in [0.2, 0.25) is 5.91 Å². The van der Waals surface area contributed by atoms with Crippen molar-refractivity contribution in [3.05, 3.63) is 23.8 Å². The fourth-order valence-corrected chi connectivity index (χ4v) is 3.36. The van der Waals surface area contributed by atoms with Crippen LogP contribution in [0.4, 0.5) is 0 Å². The van der Waals surface area contributed by atoms with Crippen molar-refractivity contribution in [3.63, 3.8) is 0 Å². The second kappa shape index (κ2) is 5.31. The van der Waals surface area contributed by atoms with Gasteiger partial charge in [0, 0.05) is 11.5 Å². The molecule has 0 bridgehead atoms. The summed E-state index contributed by atoms with van der Waals surface area (Å²) in [5, 5.41) is 10.0. The van der Waals surface area contributed by atoms with Crippen molar-refractivity contribution in [1.82, 2.24) is 14.6 Å². The van der Waals surface area contributed by atoms with Crippen molar-refractivity contribution in [1.29, 1.82) is 0 Å². The predicted molar refractivity (Wildman–Crippen MR) is 86.1 cm³/mol. The third kappa shape index (κ3) is 2.35. The van der Waals surface area contributed by atoms with Crippen LogP contribution in [0.15, 0.2) is 23.4 Å². The number of carbonyl (C=O) groups is 1. The van der Waals surface area contributed by atoms with Crippen molar-refractivity contribution in [2.24, 2.45) is 5.73 Å². The van der Waals surface area contributed by atoms with Crippen molar-refractivity contribution >= 4 is 34.2 Å². The smallest absolute Gasteiger partial charge is 0.227 e. The highest BCUT2D eigenvalue weighted by molar-refractivity contribution is 7.99. The molecule has 1 aliphatic rings. The van der Waals surface area contributed by atoms with E-state index in [2.05, 4.69) is 10.2 Å². The number of hydrogen-bond donors (Lipinski definition) is 1. The van der Waals surface area contributed by atoms with Gasteiger partial charge in [-0.15, -0.1) is 10.2 Å². The topological polar surface area (TPSA) is 91.7 Å². The molecule has 0 unspecified atom stereocenters. The van der Waals surface area contributed by atoms with Crippen LogP contribution in [0.3, 0.4) is 0 Å². The standard InChI is InChI=1S/C15H14N4O3S/c1-8-4-9-5-11-12(22-3-2-21-11)6-10(9)19-14(8)17-18-15(19)23-7-13(16)20/h4-6H,2-3,7H2,1H3,(H2,16,20). The summed E-state index contributed by atoms with van der Waals surface area (Å²) in [6.45, 7) is 3.05. The molecule has 3 aromatic rings. The molecule has 1 aromatic carbocycles. The first-order valence-electron chi connectivity index (χ1n) is 7.12. The minimum Gasteiger partial charge on any atom is -0.486 e. The number of aryl methyl sites for hydroxylation is 1. The van der Waals surface area contributed by atoms with Gasteiger partial charge in [0.15, 0.2) is 22.3 Å². The number of thioether (sulfide) groups is 1. The second-order valence-electron chi connectivity index (χ2n) is 5.28. The number of rotatable bonds is 3. The number of nitrogens with zero attached hydrogens (tertiary/aromatic N) is 3. The molecule has 0 saturated carbocycles. The van der Waals surface area contributed by atoms with E-state index < -0.39 is 5.91 Å². The Hall–Kier alpha value is -2.48. The van der Waals surface area contributed by atoms with E-state index in [0.717, 1.165) is 27.9 Å². The number of hydrogen-bond acceptors (Lipinski definition) is 6. The molecule has 1 aliphatic heterocycles. The van der Waals surface area contributed by atoms with Crippen LogP contribution in [0.1, 0.15) is 5.56 Å². The quantitative estimate of drug-likeness (QED) is 0.733. The zero-order valence-electron chi connectivity index (χ0n) is 12.4. The van der Waals surface area contributed by atoms with Gasteiger partial charge in [0.25, 0.3) is 0 Å². The lowest BCUT2D eigenvalue weighted by Gasteiger charge is -2.19. The molecule has 0 atom stereocenters. The predicted octanol–water partition coefficient (Wildman–Crippen LogP) is 1.54. The Morgan fingerprint density at radius 1 is 1.26 bits per heavy atom. The molecule has 3 heterocycles. The molecule has 23 heavy (non-hydrogen) atoms. The highest BCUT2D eigenvalue weighted by atomic mass is 32.2. The second-order valence-corrected chi connectivity index (χ2v) is 6.22. The Morgan fingerprint density at radius 3 is 2.74 bits per heavy atom. The van der Waals surface area contributed by atoms with Crippen LogP contribution in [0.2, 0.25) is 0 Å². The number of ether oxygens (including phenoxy) is 2. The lowest BCUT2D eigenvalue weighted by Crippen LogP contribution is -2.15. The molecule has 0 spiro atoms. The van der Waals surface area contributed by atoms with E-state index in [9.17, 15) is 4.79 Å². The lowest BCUT2D eigenvalue weighted by atomic mass is 10.1. The van der Waals surface area contributed by atoms with Gasteiger partial charge in [-0.25, -0.2) is 0 Å². The number of nitrogens with two attached hydrogens (primary N) is 1. The van der Waals surface area contributed by atoms with Crippen molar-refractivity contribution in [2.75, 3.05) is 19.0 Å². The van der Waals surface area contributed by atoms with Crippen molar-refractivity contribution in [2.45, 2.75) is 12.1 Å². The van der Waals surface area contributed by atoms with E-state index in [-0.39, 0.29) is 5.75 Å². The molecule has 0 radical (unpaired) electrons. The zero-order chi connectivity index (χ0) is 16.0.